The Hall–Kier alpha value is -2.04. The predicted octanol–water partition coefficient (Wildman–Crippen LogP) is 2.57. The molecule has 5 nitrogen and oxygen atoms in total. The number of nitrogens with one attached hydrogen (secondary N) is 1. The Morgan fingerprint density at radius 1 is 1.42 bits per heavy atom. The number of benzene rings is 1. The second kappa shape index (κ2) is 5.30. The molecule has 1 aromatic carbocycles. The van der Waals surface area contributed by atoms with E-state index < -0.39 is 5.97 Å². The van der Waals surface area contributed by atoms with Crippen LogP contribution in [0.5, 0.6) is 0 Å². The third kappa shape index (κ3) is 2.86. The molecule has 2 amide bonds. The molecule has 102 valence electrons. The fourth-order valence-electron chi connectivity index (χ4n) is 2.32. The lowest BCUT2D eigenvalue weighted by Gasteiger charge is -2.19. The third-order valence-corrected chi connectivity index (χ3v) is 3.45. The Kier molecular flexibility index (Phi) is 3.74. The number of para-hydroxylation sites is 1. The van der Waals surface area contributed by atoms with Gasteiger partial charge in [0.1, 0.15) is 0 Å². The fraction of sp³-hybridized carbons (Fsp3) is 0.429. The van der Waals surface area contributed by atoms with Gasteiger partial charge in [0, 0.05) is 13.1 Å². The number of anilines is 1. The highest BCUT2D eigenvalue weighted by Crippen LogP contribution is 2.22. The number of carboxylic acid groups (broad SMARTS) is 1. The summed E-state index contributed by atoms with van der Waals surface area (Å²) in [7, 11) is 0. The average Bonchev–Trinajstić information content (AvgIpc) is 2.78. The van der Waals surface area contributed by atoms with Gasteiger partial charge in [0.15, 0.2) is 0 Å². The van der Waals surface area contributed by atoms with Crippen molar-refractivity contribution in [3.8, 4) is 0 Å². The number of urea groups is 1. The Balaban J connectivity index is 2.19. The average molecular weight is 262 g/mol. The molecule has 0 aliphatic carbocycles. The largest absolute Gasteiger partial charge is 0.478 e. The lowest BCUT2D eigenvalue weighted by Crippen LogP contribution is -2.33. The van der Waals surface area contributed by atoms with Crippen molar-refractivity contribution in [3.63, 3.8) is 0 Å². The molecule has 1 aliphatic heterocycles. The van der Waals surface area contributed by atoms with E-state index in [0.29, 0.717) is 11.6 Å². The van der Waals surface area contributed by atoms with E-state index in [9.17, 15) is 9.59 Å². The number of likely N-dealkylation sites (tertiary alicyclic amines) is 1. The van der Waals surface area contributed by atoms with Gasteiger partial charge < -0.3 is 15.3 Å². The molecular formula is C14H18N2O3. The highest BCUT2D eigenvalue weighted by atomic mass is 16.4. The number of nitrogens with zero attached hydrogens (tertiary/aromatic N) is 1. The van der Waals surface area contributed by atoms with Crippen molar-refractivity contribution in [2.45, 2.75) is 20.3 Å². The molecule has 0 aromatic heterocycles. The van der Waals surface area contributed by atoms with Gasteiger partial charge in [-0.05, 0) is 30.9 Å². The summed E-state index contributed by atoms with van der Waals surface area (Å²) in [5.41, 5.74) is 1.26. The molecule has 1 fully saturated rings. The van der Waals surface area contributed by atoms with E-state index in [0.717, 1.165) is 25.1 Å². The maximum Gasteiger partial charge on any atom is 0.337 e. The summed E-state index contributed by atoms with van der Waals surface area (Å²) in [6, 6.07) is 4.74. The molecule has 2 N–H and O–H groups in total. The van der Waals surface area contributed by atoms with Gasteiger partial charge in [-0.3, -0.25) is 0 Å². The Labute approximate surface area is 112 Å². The van der Waals surface area contributed by atoms with Gasteiger partial charge in [-0.15, -0.1) is 0 Å². The van der Waals surface area contributed by atoms with Crippen LogP contribution in [0.25, 0.3) is 0 Å². The minimum atomic E-state index is -1.03. The van der Waals surface area contributed by atoms with Crippen molar-refractivity contribution in [2.24, 2.45) is 5.92 Å². The Bertz CT molecular complexity index is 513. The van der Waals surface area contributed by atoms with E-state index in [1.165, 1.54) is 6.07 Å². The van der Waals surface area contributed by atoms with Gasteiger partial charge in [-0.2, -0.15) is 0 Å². The fourth-order valence-corrected chi connectivity index (χ4v) is 2.32. The Morgan fingerprint density at radius 2 is 2.16 bits per heavy atom. The molecule has 0 radical (unpaired) electrons. The number of hydrogen-bond acceptors (Lipinski definition) is 2. The summed E-state index contributed by atoms with van der Waals surface area (Å²) in [5.74, 6) is -0.532. The van der Waals surface area contributed by atoms with Crippen molar-refractivity contribution in [1.29, 1.82) is 0 Å². The molecule has 1 unspecified atom stereocenters. The van der Waals surface area contributed by atoms with Gasteiger partial charge in [0.2, 0.25) is 0 Å². The predicted molar refractivity (Wildman–Crippen MR) is 72.5 cm³/mol. The minimum Gasteiger partial charge on any atom is -0.478 e. The van der Waals surface area contributed by atoms with Gasteiger partial charge in [0.05, 0.1) is 11.3 Å². The Morgan fingerprint density at radius 3 is 2.74 bits per heavy atom. The van der Waals surface area contributed by atoms with Crippen LogP contribution in [-0.4, -0.2) is 35.1 Å². The standard InChI is InChI=1S/C14H18N2O3/c1-9-6-7-16(8-9)14(19)15-12-10(2)4-3-5-11(12)13(17)18/h3-5,9H,6-8H2,1-2H3,(H,15,19)(H,17,18). The molecule has 1 atom stereocenters. The van der Waals surface area contributed by atoms with Crippen LogP contribution in [0.2, 0.25) is 0 Å². The van der Waals surface area contributed by atoms with Crippen molar-refractivity contribution in [3.05, 3.63) is 29.3 Å². The molecule has 1 saturated heterocycles. The number of carboxylic acids is 1. The monoisotopic (exact) mass is 262 g/mol. The van der Waals surface area contributed by atoms with Crippen LogP contribution in [0.4, 0.5) is 10.5 Å². The maximum absolute atomic E-state index is 12.1. The molecule has 1 aromatic rings. The summed E-state index contributed by atoms with van der Waals surface area (Å²) in [5, 5.41) is 11.9. The first-order valence-corrected chi connectivity index (χ1v) is 6.38. The summed E-state index contributed by atoms with van der Waals surface area (Å²) < 4.78 is 0. The van der Waals surface area contributed by atoms with Gasteiger partial charge in [0.25, 0.3) is 0 Å². The molecule has 1 heterocycles. The second-order valence-corrected chi connectivity index (χ2v) is 5.07. The molecule has 0 bridgehead atoms. The minimum absolute atomic E-state index is 0.126. The molecule has 2 rings (SSSR count). The number of hydrogen-bond donors (Lipinski definition) is 2. The van der Waals surface area contributed by atoms with Crippen LogP contribution in [-0.2, 0) is 0 Å². The van der Waals surface area contributed by atoms with Gasteiger partial charge in [-0.1, -0.05) is 19.1 Å². The number of rotatable bonds is 2. The van der Waals surface area contributed by atoms with Crippen molar-refractivity contribution < 1.29 is 14.7 Å². The van der Waals surface area contributed by atoms with Crippen molar-refractivity contribution >= 4 is 17.7 Å². The zero-order valence-corrected chi connectivity index (χ0v) is 11.1. The number of aryl methyl sites for hydroxylation is 1. The van der Waals surface area contributed by atoms with Crippen LogP contribution in [0.3, 0.4) is 0 Å². The number of carbonyl (C=O) groups excluding carboxylic acids is 1. The normalized spacial score (nSPS) is 18.4. The SMILES string of the molecule is Cc1cccc(C(=O)O)c1NC(=O)N1CCC(C)C1. The first-order chi connectivity index (χ1) is 8.99. The summed E-state index contributed by atoms with van der Waals surface area (Å²) in [6.07, 6.45) is 0.993. The molecular weight excluding hydrogens is 244 g/mol. The van der Waals surface area contributed by atoms with Crippen molar-refractivity contribution in [1.82, 2.24) is 4.90 Å². The summed E-state index contributed by atoms with van der Waals surface area (Å²) >= 11 is 0. The zero-order chi connectivity index (χ0) is 14.0. The lowest BCUT2D eigenvalue weighted by atomic mass is 10.1. The number of carbonyl (C=O) groups is 2. The smallest absolute Gasteiger partial charge is 0.337 e. The molecule has 5 heteroatoms. The van der Waals surface area contributed by atoms with Crippen LogP contribution in [0, 0.1) is 12.8 Å². The maximum atomic E-state index is 12.1. The first-order valence-electron chi connectivity index (χ1n) is 6.38. The molecule has 0 saturated carbocycles. The van der Waals surface area contributed by atoms with E-state index in [1.807, 2.05) is 0 Å². The number of amides is 2. The molecule has 0 spiro atoms. The van der Waals surface area contributed by atoms with Crippen LogP contribution < -0.4 is 5.32 Å². The third-order valence-electron chi connectivity index (χ3n) is 3.45. The van der Waals surface area contributed by atoms with E-state index in [-0.39, 0.29) is 11.6 Å². The summed E-state index contributed by atoms with van der Waals surface area (Å²) in [6.45, 7) is 5.33. The lowest BCUT2D eigenvalue weighted by molar-refractivity contribution is 0.0698. The molecule has 1 aliphatic rings. The summed E-state index contributed by atoms with van der Waals surface area (Å²) in [4.78, 5) is 25.0. The number of aromatic carboxylic acids is 1. The van der Waals surface area contributed by atoms with Gasteiger partial charge in [-0.25, -0.2) is 9.59 Å². The van der Waals surface area contributed by atoms with Crippen LogP contribution in [0.15, 0.2) is 18.2 Å². The van der Waals surface area contributed by atoms with Gasteiger partial charge >= 0.3 is 12.0 Å². The highest BCUT2D eigenvalue weighted by molar-refractivity contribution is 6.01. The van der Waals surface area contributed by atoms with E-state index in [1.54, 1.807) is 24.0 Å². The van der Waals surface area contributed by atoms with E-state index in [2.05, 4.69) is 12.2 Å². The van der Waals surface area contributed by atoms with E-state index >= 15 is 0 Å². The quantitative estimate of drug-likeness (QED) is 0.860. The van der Waals surface area contributed by atoms with Crippen LogP contribution >= 0.6 is 0 Å². The highest BCUT2D eigenvalue weighted by Gasteiger charge is 2.24. The second-order valence-electron chi connectivity index (χ2n) is 5.07. The van der Waals surface area contributed by atoms with Crippen molar-refractivity contribution in [2.75, 3.05) is 18.4 Å². The van der Waals surface area contributed by atoms with E-state index in [4.69, 9.17) is 5.11 Å². The molecule has 19 heavy (non-hydrogen) atoms. The zero-order valence-electron chi connectivity index (χ0n) is 11.1. The topological polar surface area (TPSA) is 69.6 Å². The first kappa shape index (κ1) is 13.4. The van der Waals surface area contributed by atoms with Crippen LogP contribution in [0.1, 0.15) is 29.3 Å².